The Morgan fingerprint density at radius 1 is 1.28 bits per heavy atom. The maximum absolute atomic E-state index is 13.1. The van der Waals surface area contributed by atoms with Gasteiger partial charge in [0, 0.05) is 11.3 Å². The van der Waals surface area contributed by atoms with Crippen LogP contribution in [0.5, 0.6) is 5.75 Å². The Labute approximate surface area is 114 Å². The molecule has 4 heteroatoms. The summed E-state index contributed by atoms with van der Waals surface area (Å²) < 4.78 is 19.2. The van der Waals surface area contributed by atoms with Crippen LogP contribution in [-0.2, 0) is 6.61 Å². The third-order valence-electron chi connectivity index (χ3n) is 2.70. The van der Waals surface area contributed by atoms with Crippen molar-refractivity contribution in [1.29, 1.82) is 0 Å². The van der Waals surface area contributed by atoms with Gasteiger partial charge in [-0.15, -0.1) is 0 Å². The molecule has 0 amide bonds. The van der Waals surface area contributed by atoms with Crippen molar-refractivity contribution in [3.05, 3.63) is 57.8 Å². The van der Waals surface area contributed by atoms with Crippen LogP contribution in [0, 0.1) is 12.7 Å². The molecule has 0 spiro atoms. The van der Waals surface area contributed by atoms with Gasteiger partial charge in [-0.05, 0) is 52.7 Å². The number of nitrogen functional groups attached to an aromatic ring is 1. The maximum atomic E-state index is 13.1. The monoisotopic (exact) mass is 309 g/mol. The van der Waals surface area contributed by atoms with Crippen molar-refractivity contribution < 1.29 is 9.13 Å². The van der Waals surface area contributed by atoms with Crippen molar-refractivity contribution in [2.24, 2.45) is 0 Å². The third kappa shape index (κ3) is 2.82. The molecular weight excluding hydrogens is 297 g/mol. The molecule has 0 saturated carbocycles. The Morgan fingerprint density at radius 3 is 2.78 bits per heavy atom. The van der Waals surface area contributed by atoms with E-state index in [9.17, 15) is 4.39 Å². The lowest BCUT2D eigenvalue weighted by Crippen LogP contribution is -1.99. The van der Waals surface area contributed by atoms with Gasteiger partial charge in [0.25, 0.3) is 0 Å². The van der Waals surface area contributed by atoms with E-state index >= 15 is 0 Å². The first kappa shape index (κ1) is 12.9. The normalized spacial score (nSPS) is 10.4. The highest BCUT2D eigenvalue weighted by Crippen LogP contribution is 2.24. The van der Waals surface area contributed by atoms with E-state index in [1.807, 2.05) is 25.1 Å². The fourth-order valence-corrected chi connectivity index (χ4v) is 2.00. The molecule has 0 radical (unpaired) electrons. The molecule has 94 valence electrons. The van der Waals surface area contributed by atoms with Gasteiger partial charge >= 0.3 is 0 Å². The van der Waals surface area contributed by atoms with E-state index in [0.717, 1.165) is 16.9 Å². The maximum Gasteiger partial charge on any atom is 0.137 e. The predicted octanol–water partition coefficient (Wildman–Crippen LogP) is 4.06. The Kier molecular flexibility index (Phi) is 3.87. The van der Waals surface area contributed by atoms with Gasteiger partial charge in [0.05, 0.1) is 4.47 Å². The highest BCUT2D eigenvalue weighted by molar-refractivity contribution is 9.10. The number of rotatable bonds is 3. The van der Waals surface area contributed by atoms with Crippen LogP contribution in [0.2, 0.25) is 0 Å². The predicted molar refractivity (Wildman–Crippen MR) is 74.0 cm³/mol. The molecule has 0 fully saturated rings. The number of halogens is 2. The van der Waals surface area contributed by atoms with Gasteiger partial charge in [-0.3, -0.25) is 0 Å². The van der Waals surface area contributed by atoms with Crippen LogP contribution in [0.4, 0.5) is 10.1 Å². The highest BCUT2D eigenvalue weighted by Gasteiger charge is 2.04. The van der Waals surface area contributed by atoms with Crippen LogP contribution in [-0.4, -0.2) is 0 Å². The summed E-state index contributed by atoms with van der Waals surface area (Å²) in [6.45, 7) is 2.29. The molecule has 0 aliphatic heterocycles. The summed E-state index contributed by atoms with van der Waals surface area (Å²) in [6.07, 6.45) is 0. The Hall–Kier alpha value is -1.55. The number of anilines is 1. The Balaban J connectivity index is 2.11. The Bertz CT molecular complexity index is 572. The molecule has 0 bridgehead atoms. The van der Waals surface area contributed by atoms with Crippen molar-refractivity contribution in [3.8, 4) is 5.75 Å². The molecule has 0 atom stereocenters. The van der Waals surface area contributed by atoms with Crippen LogP contribution in [0.25, 0.3) is 0 Å². The fraction of sp³-hybridized carbons (Fsp3) is 0.143. The average molecular weight is 310 g/mol. The zero-order chi connectivity index (χ0) is 13.1. The summed E-state index contributed by atoms with van der Waals surface area (Å²) in [4.78, 5) is 0. The van der Waals surface area contributed by atoms with Gasteiger partial charge in [0.2, 0.25) is 0 Å². The minimum Gasteiger partial charge on any atom is -0.489 e. The summed E-state index contributed by atoms with van der Waals surface area (Å²) in [5, 5.41) is 0. The molecule has 2 rings (SSSR count). The minimum absolute atomic E-state index is 0.279. The van der Waals surface area contributed by atoms with Gasteiger partial charge in [0.1, 0.15) is 18.2 Å². The summed E-state index contributed by atoms with van der Waals surface area (Å²) in [6, 6.07) is 10.4. The SMILES string of the molecule is Cc1c(N)cccc1OCc1ccc(F)c(Br)c1. The fourth-order valence-electron chi connectivity index (χ4n) is 1.58. The van der Waals surface area contributed by atoms with Crippen LogP contribution in [0.1, 0.15) is 11.1 Å². The highest BCUT2D eigenvalue weighted by atomic mass is 79.9. The van der Waals surface area contributed by atoms with E-state index < -0.39 is 0 Å². The van der Waals surface area contributed by atoms with Gasteiger partial charge in [-0.1, -0.05) is 12.1 Å². The van der Waals surface area contributed by atoms with E-state index in [4.69, 9.17) is 10.5 Å². The molecule has 2 aromatic rings. The second kappa shape index (κ2) is 5.40. The number of benzene rings is 2. The lowest BCUT2D eigenvalue weighted by atomic mass is 10.2. The third-order valence-corrected chi connectivity index (χ3v) is 3.31. The van der Waals surface area contributed by atoms with Gasteiger partial charge in [-0.25, -0.2) is 4.39 Å². The van der Waals surface area contributed by atoms with E-state index in [1.54, 1.807) is 12.1 Å². The first-order valence-electron chi connectivity index (χ1n) is 5.50. The molecule has 2 N–H and O–H groups in total. The van der Waals surface area contributed by atoms with Crippen molar-refractivity contribution in [1.82, 2.24) is 0 Å². The van der Waals surface area contributed by atoms with Crippen molar-refractivity contribution in [3.63, 3.8) is 0 Å². The summed E-state index contributed by atoms with van der Waals surface area (Å²) in [7, 11) is 0. The van der Waals surface area contributed by atoms with E-state index in [-0.39, 0.29) is 5.82 Å². The lowest BCUT2D eigenvalue weighted by molar-refractivity contribution is 0.304. The molecule has 0 aromatic heterocycles. The second-order valence-electron chi connectivity index (χ2n) is 4.01. The summed E-state index contributed by atoms with van der Waals surface area (Å²) in [5.74, 6) is 0.467. The number of ether oxygens (including phenoxy) is 1. The molecular formula is C14H13BrFNO. The van der Waals surface area contributed by atoms with E-state index in [1.165, 1.54) is 6.07 Å². The van der Waals surface area contributed by atoms with Crippen molar-refractivity contribution in [2.45, 2.75) is 13.5 Å². The first-order chi connectivity index (χ1) is 8.58. The first-order valence-corrected chi connectivity index (χ1v) is 6.29. The van der Waals surface area contributed by atoms with Crippen molar-refractivity contribution in [2.75, 3.05) is 5.73 Å². The zero-order valence-electron chi connectivity index (χ0n) is 9.91. The molecule has 0 heterocycles. The molecule has 2 nitrogen and oxygen atoms in total. The summed E-state index contributed by atoms with van der Waals surface area (Å²) >= 11 is 3.15. The minimum atomic E-state index is -0.279. The second-order valence-corrected chi connectivity index (χ2v) is 4.86. The van der Waals surface area contributed by atoms with Crippen LogP contribution in [0.3, 0.4) is 0 Å². The largest absolute Gasteiger partial charge is 0.489 e. The van der Waals surface area contributed by atoms with Crippen LogP contribution < -0.4 is 10.5 Å². The van der Waals surface area contributed by atoms with Gasteiger partial charge in [-0.2, -0.15) is 0 Å². The van der Waals surface area contributed by atoms with Gasteiger partial charge in [0.15, 0.2) is 0 Å². The molecule has 0 aliphatic carbocycles. The number of nitrogens with two attached hydrogens (primary N) is 1. The van der Waals surface area contributed by atoms with E-state index in [2.05, 4.69) is 15.9 Å². The van der Waals surface area contributed by atoms with E-state index in [0.29, 0.717) is 16.8 Å². The quantitative estimate of drug-likeness (QED) is 0.868. The zero-order valence-corrected chi connectivity index (χ0v) is 11.5. The lowest BCUT2D eigenvalue weighted by Gasteiger charge is -2.11. The topological polar surface area (TPSA) is 35.2 Å². The van der Waals surface area contributed by atoms with Crippen LogP contribution >= 0.6 is 15.9 Å². The standard InChI is InChI=1S/C14H13BrFNO/c1-9-13(17)3-2-4-14(9)18-8-10-5-6-12(16)11(15)7-10/h2-7H,8,17H2,1H3. The molecule has 18 heavy (non-hydrogen) atoms. The number of hydrogen-bond acceptors (Lipinski definition) is 2. The smallest absolute Gasteiger partial charge is 0.137 e. The average Bonchev–Trinajstić information content (AvgIpc) is 2.35. The summed E-state index contributed by atoms with van der Waals surface area (Å²) in [5.41, 5.74) is 8.31. The van der Waals surface area contributed by atoms with Gasteiger partial charge < -0.3 is 10.5 Å². The molecule has 0 aliphatic rings. The molecule has 0 saturated heterocycles. The number of hydrogen-bond donors (Lipinski definition) is 1. The van der Waals surface area contributed by atoms with Crippen LogP contribution in [0.15, 0.2) is 40.9 Å². The molecule has 0 unspecified atom stereocenters. The molecule has 2 aromatic carbocycles. The van der Waals surface area contributed by atoms with Crippen molar-refractivity contribution >= 4 is 21.6 Å². The Morgan fingerprint density at radius 2 is 2.06 bits per heavy atom.